The van der Waals surface area contributed by atoms with Gasteiger partial charge < -0.3 is 9.90 Å². The van der Waals surface area contributed by atoms with E-state index in [-0.39, 0.29) is 0 Å². The van der Waals surface area contributed by atoms with Crippen molar-refractivity contribution in [2.24, 2.45) is 0 Å². The maximum atomic E-state index is 8.89. The Morgan fingerprint density at radius 1 is 1.57 bits per heavy atom. The molecule has 0 heterocycles. The average Bonchev–Trinajstić information content (AvgIpc) is 1.33. The third-order valence-corrected chi connectivity index (χ3v) is 0. The van der Waals surface area contributed by atoms with Crippen molar-refractivity contribution in [3.8, 4) is 0 Å². The molecule has 0 aromatic rings. The predicted octanol–water partition coefficient (Wildman–Crippen LogP) is -0.457. The first kappa shape index (κ1) is 10.2. The standard InChI is InChI=1S/C2H4O2.2CH3.Ga/c1-2(3)4;;;/h1H3,(H,3,4);2*1H3;/q;;;+1/p-1. The molecule has 0 unspecified atom stereocenters. The molecule has 0 aliphatic heterocycles. The maximum absolute atomic E-state index is 8.89. The van der Waals surface area contributed by atoms with Gasteiger partial charge in [-0.15, -0.1) is 0 Å². The summed E-state index contributed by atoms with van der Waals surface area (Å²) in [6.45, 7) is 0.972. The second-order valence-electron chi connectivity index (χ2n) is 1.07. The second kappa shape index (κ2) is 9.44. The Kier molecular flexibility index (Phi) is 13.7. The van der Waals surface area contributed by atoms with Gasteiger partial charge in [-0.25, -0.2) is 0 Å². The van der Waals surface area contributed by atoms with E-state index in [9.17, 15) is 0 Å². The Morgan fingerprint density at radius 2 is 1.57 bits per heavy atom. The summed E-state index contributed by atoms with van der Waals surface area (Å²) in [5.74, 6) is -1.08. The Morgan fingerprint density at radius 3 is 1.57 bits per heavy atom. The fourth-order valence-corrected chi connectivity index (χ4v) is 0. The van der Waals surface area contributed by atoms with Crippen molar-refractivity contribution >= 4 is 23.4 Å². The molecular weight excluding hydrogens is 150 g/mol. The van der Waals surface area contributed by atoms with Gasteiger partial charge in [0.1, 0.15) is 0 Å². The minimum absolute atomic E-state index is 0.312. The van der Waals surface area contributed by atoms with E-state index in [0.717, 1.165) is 6.92 Å². The summed E-state index contributed by atoms with van der Waals surface area (Å²) in [7, 11) is 0. The third kappa shape index (κ3) is 9100. The fourth-order valence-electron chi connectivity index (χ4n) is 0. The van der Waals surface area contributed by atoms with Gasteiger partial charge in [0.05, 0.1) is 0 Å². The Hall–Kier alpha value is 0.106. The molecule has 0 radical (unpaired) electrons. The van der Waals surface area contributed by atoms with E-state index in [4.69, 9.17) is 9.90 Å². The normalized spacial score (nSPS) is 5.00. The van der Waals surface area contributed by atoms with Crippen molar-refractivity contribution in [2.45, 2.75) is 17.9 Å². The van der Waals surface area contributed by atoms with Gasteiger partial charge in [-0.3, -0.25) is 0 Å². The van der Waals surface area contributed by atoms with Crippen molar-refractivity contribution in [3.05, 3.63) is 0 Å². The topological polar surface area (TPSA) is 40.1 Å². The molecule has 0 saturated carbocycles. The van der Waals surface area contributed by atoms with Crippen LogP contribution in [0.1, 0.15) is 6.92 Å². The van der Waals surface area contributed by atoms with Gasteiger partial charge in [-0.2, -0.15) is 0 Å². The molecule has 0 saturated heterocycles. The Labute approximate surface area is 51.7 Å². The molecule has 0 atom stereocenters. The van der Waals surface area contributed by atoms with Crippen molar-refractivity contribution in [1.82, 2.24) is 0 Å². The van der Waals surface area contributed by atoms with Crippen LogP contribution in [0.2, 0.25) is 11.0 Å². The number of carbonyl (C=O) groups excluding carboxylic acids is 1. The van der Waals surface area contributed by atoms with Gasteiger partial charge >= 0.3 is 28.4 Å². The molecule has 0 spiro atoms. The number of hydrogen-bond acceptors (Lipinski definition) is 2. The van der Waals surface area contributed by atoms with Crippen molar-refractivity contribution in [3.63, 3.8) is 0 Å². The van der Waals surface area contributed by atoms with Crippen LogP contribution >= 0.6 is 0 Å². The first-order chi connectivity index (χ1) is 3.15. The summed E-state index contributed by atoms with van der Waals surface area (Å²) in [6, 6.07) is 0. The summed E-state index contributed by atoms with van der Waals surface area (Å²) in [6.07, 6.45) is 0. The number of carboxylic acid groups (broad SMARTS) is 1. The van der Waals surface area contributed by atoms with Gasteiger partial charge in [0.2, 0.25) is 0 Å². The Balaban J connectivity index is 0. The summed E-state index contributed by atoms with van der Waals surface area (Å²) < 4.78 is 0. The molecule has 0 N–H and O–H groups in total. The van der Waals surface area contributed by atoms with E-state index in [2.05, 4.69) is 11.0 Å². The van der Waals surface area contributed by atoms with Crippen LogP contribution in [0.25, 0.3) is 0 Å². The fraction of sp³-hybridized carbons (Fsp3) is 0.750. The van der Waals surface area contributed by atoms with Gasteiger partial charge in [-0.1, -0.05) is 0 Å². The van der Waals surface area contributed by atoms with Crippen LogP contribution in [0.4, 0.5) is 0 Å². The first-order valence-electron chi connectivity index (χ1n) is 2.06. The van der Waals surface area contributed by atoms with Gasteiger partial charge in [0, 0.05) is 5.97 Å². The predicted molar refractivity (Wildman–Crippen MR) is 28.2 cm³/mol. The molecule has 0 aliphatic rings. The van der Waals surface area contributed by atoms with Gasteiger partial charge in [-0.05, 0) is 6.92 Å². The number of hydrogen-bond donors (Lipinski definition) is 0. The van der Waals surface area contributed by atoms with Crippen molar-refractivity contribution < 1.29 is 9.90 Å². The molecule has 0 amide bonds. The summed E-state index contributed by atoms with van der Waals surface area (Å²) in [5.41, 5.74) is 4.56. The van der Waals surface area contributed by atoms with Gasteiger partial charge in [0.15, 0.2) is 0 Å². The zero-order chi connectivity index (χ0) is 6.28. The zero-order valence-corrected chi connectivity index (χ0v) is 7.32. The molecule has 0 rings (SSSR count). The molecule has 40 valence electrons. The van der Waals surface area contributed by atoms with E-state index in [1.165, 1.54) is 0 Å². The van der Waals surface area contributed by atoms with E-state index in [1.54, 1.807) is 0 Å². The van der Waals surface area contributed by atoms with E-state index >= 15 is 0 Å². The molecule has 7 heavy (non-hydrogen) atoms. The average molecular weight is 159 g/mol. The molecule has 0 aliphatic carbocycles. The van der Waals surface area contributed by atoms with Crippen LogP contribution in [0.15, 0.2) is 0 Å². The number of carbonyl (C=O) groups is 1. The molecular formula is C4H9GaO2. The molecule has 2 nitrogen and oxygen atoms in total. The third-order valence-electron chi connectivity index (χ3n) is 0. The van der Waals surface area contributed by atoms with Crippen LogP contribution in [0.3, 0.4) is 0 Å². The molecule has 0 aromatic carbocycles. The van der Waals surface area contributed by atoms with Crippen LogP contribution in [0.5, 0.6) is 0 Å². The second-order valence-corrected chi connectivity index (χ2v) is 3.49. The van der Waals surface area contributed by atoms with Crippen molar-refractivity contribution in [2.75, 3.05) is 0 Å². The monoisotopic (exact) mass is 158 g/mol. The van der Waals surface area contributed by atoms with Crippen LogP contribution in [-0.4, -0.2) is 23.4 Å². The van der Waals surface area contributed by atoms with Crippen molar-refractivity contribution in [1.29, 1.82) is 0 Å². The number of rotatable bonds is 0. The number of carboxylic acids is 1. The zero-order valence-electron chi connectivity index (χ0n) is 4.89. The first-order valence-corrected chi connectivity index (χ1v) is 6.91. The molecule has 0 fully saturated rings. The van der Waals surface area contributed by atoms with Gasteiger partial charge in [0.25, 0.3) is 0 Å². The summed E-state index contributed by atoms with van der Waals surface area (Å²) in [4.78, 5) is 8.89. The quantitative estimate of drug-likeness (QED) is 0.448. The van der Waals surface area contributed by atoms with Crippen LogP contribution < -0.4 is 5.11 Å². The van der Waals surface area contributed by atoms with E-state index < -0.39 is 5.97 Å². The van der Waals surface area contributed by atoms with Crippen LogP contribution in [0, 0.1) is 0 Å². The Bertz CT molecular complexity index is 41.0. The summed E-state index contributed by atoms with van der Waals surface area (Å²) >= 11 is 0.312. The number of aliphatic carboxylic acids is 1. The SMILES string of the molecule is CC(=O)[O-].[CH3][Ga+][CH3]. The summed E-state index contributed by atoms with van der Waals surface area (Å²) in [5, 5.41) is 8.89. The molecule has 0 bridgehead atoms. The van der Waals surface area contributed by atoms with Crippen LogP contribution in [-0.2, 0) is 4.79 Å². The molecule has 0 aromatic heterocycles. The minimum atomic E-state index is -1.08. The van der Waals surface area contributed by atoms with E-state index in [1.807, 2.05) is 0 Å². The van der Waals surface area contributed by atoms with E-state index in [0.29, 0.717) is 17.4 Å². The molecule has 3 heteroatoms.